The predicted molar refractivity (Wildman–Crippen MR) is 106 cm³/mol. The van der Waals surface area contributed by atoms with Gasteiger partial charge in [-0.3, -0.25) is 14.4 Å². The second-order valence-electron chi connectivity index (χ2n) is 6.61. The van der Waals surface area contributed by atoms with Crippen molar-refractivity contribution in [2.24, 2.45) is 0 Å². The van der Waals surface area contributed by atoms with Gasteiger partial charge in [0, 0.05) is 22.2 Å². The lowest BCUT2D eigenvalue weighted by Crippen LogP contribution is -2.34. The van der Waals surface area contributed by atoms with Crippen molar-refractivity contribution < 1.29 is 19.1 Å². The van der Waals surface area contributed by atoms with E-state index in [1.165, 1.54) is 6.92 Å². The number of H-pyrrole nitrogens is 1. The monoisotopic (exact) mass is 378 g/mol. The van der Waals surface area contributed by atoms with Crippen molar-refractivity contribution in [3.63, 3.8) is 0 Å². The maximum atomic E-state index is 12.8. The zero-order valence-corrected chi connectivity index (χ0v) is 15.8. The Balaban J connectivity index is 1.55. The summed E-state index contributed by atoms with van der Waals surface area (Å²) < 4.78 is 5.22. The molecule has 0 bridgehead atoms. The molecular weight excluding hydrogens is 356 g/mol. The van der Waals surface area contributed by atoms with Crippen LogP contribution in [0.1, 0.15) is 28.5 Å². The normalized spacial score (nSPS) is 11.8. The number of fused-ring (bicyclic) bond motifs is 1. The Hall–Kier alpha value is -3.41. The van der Waals surface area contributed by atoms with Crippen LogP contribution < -0.4 is 5.32 Å². The number of hydrogen-bond acceptors (Lipinski definition) is 4. The molecule has 0 aliphatic heterocycles. The first kappa shape index (κ1) is 19.4. The number of ketones is 1. The highest BCUT2D eigenvalue weighted by molar-refractivity contribution is 6.11. The number of amides is 1. The van der Waals surface area contributed by atoms with Crippen molar-refractivity contribution in [1.29, 1.82) is 0 Å². The molecule has 6 heteroatoms. The number of benzene rings is 2. The highest BCUT2D eigenvalue weighted by Crippen LogP contribution is 2.23. The van der Waals surface area contributed by atoms with E-state index in [4.69, 9.17) is 4.74 Å². The van der Waals surface area contributed by atoms with E-state index in [9.17, 15) is 14.4 Å². The van der Waals surface area contributed by atoms with Crippen LogP contribution >= 0.6 is 0 Å². The summed E-state index contributed by atoms with van der Waals surface area (Å²) >= 11 is 0. The number of rotatable bonds is 7. The molecule has 1 aromatic heterocycles. The van der Waals surface area contributed by atoms with Crippen LogP contribution in [-0.2, 0) is 20.7 Å². The third-order valence-corrected chi connectivity index (χ3v) is 4.45. The number of Topliss-reactive ketones (excluding diaryl/α,β-unsaturated/α-hetero) is 1. The highest BCUT2D eigenvalue weighted by atomic mass is 16.5. The smallest absolute Gasteiger partial charge is 0.326 e. The van der Waals surface area contributed by atoms with Crippen molar-refractivity contribution in [2.75, 3.05) is 6.54 Å². The van der Waals surface area contributed by atoms with Crippen LogP contribution in [0.25, 0.3) is 10.9 Å². The Bertz CT molecular complexity index is 1010. The number of carbonyl (C=O) groups is 3. The van der Waals surface area contributed by atoms with E-state index < -0.39 is 12.1 Å². The van der Waals surface area contributed by atoms with Gasteiger partial charge in [0.15, 0.2) is 6.10 Å². The predicted octanol–water partition coefficient (Wildman–Crippen LogP) is 2.95. The van der Waals surface area contributed by atoms with Gasteiger partial charge in [0.05, 0.1) is 6.42 Å². The number of ether oxygens (including phenoxy) is 1. The Kier molecular flexibility index (Phi) is 5.89. The molecule has 1 amide bonds. The molecule has 28 heavy (non-hydrogen) atoms. The van der Waals surface area contributed by atoms with Crippen LogP contribution in [0.4, 0.5) is 0 Å². The van der Waals surface area contributed by atoms with E-state index in [2.05, 4.69) is 10.3 Å². The molecule has 3 rings (SSSR count). The topological polar surface area (TPSA) is 88.3 Å². The fourth-order valence-electron chi connectivity index (χ4n) is 3.10. The number of para-hydroxylation sites is 1. The average molecular weight is 378 g/mol. The molecule has 6 nitrogen and oxygen atoms in total. The number of nitrogens with one attached hydrogen (secondary N) is 2. The zero-order valence-electron chi connectivity index (χ0n) is 15.8. The Labute approximate surface area is 162 Å². The Morgan fingerprint density at radius 1 is 1.04 bits per heavy atom. The van der Waals surface area contributed by atoms with Crippen LogP contribution in [0.15, 0.2) is 54.6 Å². The van der Waals surface area contributed by atoms with Crippen molar-refractivity contribution >= 4 is 28.6 Å². The Morgan fingerprint density at radius 3 is 2.46 bits per heavy atom. The summed E-state index contributed by atoms with van der Waals surface area (Å²) in [5.74, 6) is -1.21. The molecule has 0 unspecified atom stereocenters. The molecular formula is C22H22N2O4. The van der Waals surface area contributed by atoms with E-state index in [0.29, 0.717) is 5.56 Å². The summed E-state index contributed by atoms with van der Waals surface area (Å²) in [5, 5.41) is 3.32. The number of carbonyl (C=O) groups excluding carboxylic acids is 3. The number of hydrogen-bond donors (Lipinski definition) is 2. The van der Waals surface area contributed by atoms with E-state index in [1.54, 1.807) is 0 Å². The van der Waals surface area contributed by atoms with Crippen molar-refractivity contribution in [2.45, 2.75) is 26.4 Å². The maximum absolute atomic E-state index is 12.8. The SMILES string of the molecule is Cc1[nH]c2ccccc2c1C(=O)[C@@H](C)OC(=O)CNC(=O)Cc1ccccc1. The average Bonchev–Trinajstić information content (AvgIpc) is 3.02. The minimum Gasteiger partial charge on any atom is -0.453 e. The van der Waals surface area contributed by atoms with Crippen LogP contribution in [0.3, 0.4) is 0 Å². The molecule has 1 heterocycles. The lowest BCUT2D eigenvalue weighted by atomic mass is 10.0. The summed E-state index contributed by atoms with van der Waals surface area (Å²) in [5.41, 5.74) is 2.95. The quantitative estimate of drug-likeness (QED) is 0.489. The van der Waals surface area contributed by atoms with Gasteiger partial charge in [0.25, 0.3) is 0 Å². The standard InChI is InChI=1S/C22H22N2O4/c1-14-21(17-10-6-7-11-18(17)24-14)22(27)15(2)28-20(26)13-23-19(25)12-16-8-4-3-5-9-16/h3-11,15,24H,12-13H2,1-2H3,(H,23,25)/t15-/m1/s1. The van der Waals surface area contributed by atoms with Gasteiger partial charge in [-0.05, 0) is 25.5 Å². The van der Waals surface area contributed by atoms with Crippen molar-refractivity contribution in [3.8, 4) is 0 Å². The summed E-state index contributed by atoms with van der Waals surface area (Å²) in [4.78, 5) is 39.9. The van der Waals surface area contributed by atoms with Crippen LogP contribution in [0.5, 0.6) is 0 Å². The molecule has 0 aliphatic rings. The second kappa shape index (κ2) is 8.52. The summed E-state index contributed by atoms with van der Waals surface area (Å²) in [6.07, 6.45) is -0.770. The molecule has 0 spiro atoms. The molecule has 3 aromatic rings. The van der Waals surface area contributed by atoms with Gasteiger partial charge in [0.1, 0.15) is 6.54 Å². The van der Waals surface area contributed by atoms with Crippen molar-refractivity contribution in [1.82, 2.24) is 10.3 Å². The van der Waals surface area contributed by atoms with Gasteiger partial charge in [-0.2, -0.15) is 0 Å². The second-order valence-corrected chi connectivity index (χ2v) is 6.61. The largest absolute Gasteiger partial charge is 0.453 e. The van der Waals surface area contributed by atoms with E-state index in [-0.39, 0.29) is 24.7 Å². The first-order chi connectivity index (χ1) is 13.5. The van der Waals surface area contributed by atoms with Gasteiger partial charge < -0.3 is 15.0 Å². The highest BCUT2D eigenvalue weighted by Gasteiger charge is 2.24. The maximum Gasteiger partial charge on any atom is 0.326 e. The van der Waals surface area contributed by atoms with Crippen LogP contribution in [-0.4, -0.2) is 35.3 Å². The van der Waals surface area contributed by atoms with Gasteiger partial charge in [-0.15, -0.1) is 0 Å². The fourth-order valence-corrected chi connectivity index (χ4v) is 3.10. The first-order valence-electron chi connectivity index (χ1n) is 9.07. The molecule has 0 saturated carbocycles. The lowest BCUT2D eigenvalue weighted by molar-refractivity contribution is -0.146. The third kappa shape index (κ3) is 4.46. The van der Waals surface area contributed by atoms with Crippen LogP contribution in [0, 0.1) is 6.92 Å². The molecule has 144 valence electrons. The van der Waals surface area contributed by atoms with Gasteiger partial charge in [-0.1, -0.05) is 48.5 Å². The summed E-state index contributed by atoms with van der Waals surface area (Å²) in [6.45, 7) is 3.06. The molecule has 1 atom stereocenters. The molecule has 2 N–H and O–H groups in total. The first-order valence-corrected chi connectivity index (χ1v) is 9.07. The summed E-state index contributed by atoms with van der Waals surface area (Å²) in [7, 11) is 0. The molecule has 2 aromatic carbocycles. The minimum atomic E-state index is -0.948. The number of esters is 1. The lowest BCUT2D eigenvalue weighted by Gasteiger charge is -2.13. The number of aryl methyl sites for hydroxylation is 1. The Morgan fingerprint density at radius 2 is 1.71 bits per heavy atom. The van der Waals surface area contributed by atoms with E-state index in [0.717, 1.165) is 22.2 Å². The number of aromatic amines is 1. The van der Waals surface area contributed by atoms with E-state index in [1.807, 2.05) is 61.5 Å². The third-order valence-electron chi connectivity index (χ3n) is 4.45. The summed E-state index contributed by atoms with van der Waals surface area (Å²) in [6, 6.07) is 16.7. The number of aromatic nitrogens is 1. The molecule has 0 fully saturated rings. The van der Waals surface area contributed by atoms with Gasteiger partial charge >= 0.3 is 5.97 Å². The molecule has 0 saturated heterocycles. The van der Waals surface area contributed by atoms with Gasteiger partial charge in [0.2, 0.25) is 11.7 Å². The minimum absolute atomic E-state index is 0.178. The zero-order chi connectivity index (χ0) is 20.1. The van der Waals surface area contributed by atoms with Crippen molar-refractivity contribution in [3.05, 3.63) is 71.4 Å². The van der Waals surface area contributed by atoms with Gasteiger partial charge in [-0.25, -0.2) is 0 Å². The van der Waals surface area contributed by atoms with E-state index >= 15 is 0 Å². The van der Waals surface area contributed by atoms with Crippen LogP contribution in [0.2, 0.25) is 0 Å². The molecule has 0 aliphatic carbocycles. The fraction of sp³-hybridized carbons (Fsp3) is 0.227. The molecule has 0 radical (unpaired) electrons.